The van der Waals surface area contributed by atoms with Crippen molar-refractivity contribution in [2.45, 2.75) is 13.0 Å². The lowest BCUT2D eigenvalue weighted by Crippen LogP contribution is -2.45. The zero-order chi connectivity index (χ0) is 13.8. The molecule has 1 atom stereocenters. The Bertz CT molecular complexity index is 459. The van der Waals surface area contributed by atoms with Crippen LogP contribution in [0.3, 0.4) is 0 Å². The molecule has 104 valence electrons. The number of halogens is 1. The summed E-state index contributed by atoms with van der Waals surface area (Å²) in [6.07, 6.45) is 0.0481. The van der Waals surface area contributed by atoms with E-state index in [1.165, 1.54) is 0 Å². The molecule has 2 rings (SSSR count). The van der Waals surface area contributed by atoms with Crippen molar-refractivity contribution in [3.05, 3.63) is 34.3 Å². The standard InChI is InChI=1S/C14H19ClN2O2/c1-10-3-4-12(13(15)7-10)14(18)17(2)9-11-8-16-5-6-19-11/h3-4,7,11,16H,5-6,8-9H2,1-2H3. The van der Waals surface area contributed by atoms with E-state index in [1.807, 2.05) is 13.0 Å². The van der Waals surface area contributed by atoms with Crippen LogP contribution < -0.4 is 5.32 Å². The molecule has 4 nitrogen and oxygen atoms in total. The minimum atomic E-state index is -0.0702. The van der Waals surface area contributed by atoms with E-state index in [0.717, 1.165) is 18.7 Å². The second-order valence-electron chi connectivity index (χ2n) is 4.87. The summed E-state index contributed by atoms with van der Waals surface area (Å²) < 4.78 is 5.59. The van der Waals surface area contributed by atoms with Crippen LogP contribution in [0.5, 0.6) is 0 Å². The zero-order valence-corrected chi connectivity index (χ0v) is 12.0. The van der Waals surface area contributed by atoms with Crippen LogP contribution in [0.15, 0.2) is 18.2 Å². The average Bonchev–Trinajstić information content (AvgIpc) is 2.39. The van der Waals surface area contributed by atoms with Gasteiger partial charge >= 0.3 is 0 Å². The quantitative estimate of drug-likeness (QED) is 0.918. The van der Waals surface area contributed by atoms with Crippen molar-refractivity contribution in [3.63, 3.8) is 0 Å². The predicted molar refractivity (Wildman–Crippen MR) is 75.8 cm³/mol. The molecule has 1 unspecified atom stereocenters. The number of rotatable bonds is 3. The van der Waals surface area contributed by atoms with E-state index in [0.29, 0.717) is 23.7 Å². The van der Waals surface area contributed by atoms with Gasteiger partial charge in [-0.3, -0.25) is 4.79 Å². The highest BCUT2D eigenvalue weighted by atomic mass is 35.5. The summed E-state index contributed by atoms with van der Waals surface area (Å²) in [5.74, 6) is -0.0702. The highest BCUT2D eigenvalue weighted by Crippen LogP contribution is 2.19. The maximum Gasteiger partial charge on any atom is 0.255 e. The Morgan fingerprint density at radius 3 is 3.00 bits per heavy atom. The number of hydrogen-bond acceptors (Lipinski definition) is 3. The van der Waals surface area contributed by atoms with Crippen LogP contribution in [0.2, 0.25) is 5.02 Å². The molecule has 1 aliphatic heterocycles. The van der Waals surface area contributed by atoms with E-state index < -0.39 is 0 Å². The number of ether oxygens (including phenoxy) is 1. The van der Waals surface area contributed by atoms with Crippen LogP contribution >= 0.6 is 11.6 Å². The van der Waals surface area contributed by atoms with E-state index in [-0.39, 0.29) is 12.0 Å². The monoisotopic (exact) mass is 282 g/mol. The third-order valence-electron chi connectivity index (χ3n) is 3.18. The van der Waals surface area contributed by atoms with Gasteiger partial charge < -0.3 is 15.0 Å². The lowest BCUT2D eigenvalue weighted by molar-refractivity contribution is 0.0104. The summed E-state index contributed by atoms with van der Waals surface area (Å²) in [6.45, 7) is 4.86. The Morgan fingerprint density at radius 2 is 2.37 bits per heavy atom. The molecular weight excluding hydrogens is 264 g/mol. The second kappa shape index (κ2) is 6.37. The van der Waals surface area contributed by atoms with E-state index in [9.17, 15) is 4.79 Å². The third-order valence-corrected chi connectivity index (χ3v) is 3.50. The molecule has 1 amide bonds. The molecule has 1 saturated heterocycles. The van der Waals surface area contributed by atoms with Gasteiger partial charge in [-0.05, 0) is 24.6 Å². The van der Waals surface area contributed by atoms with Crippen molar-refractivity contribution < 1.29 is 9.53 Å². The normalized spacial score (nSPS) is 19.2. The molecule has 1 aliphatic rings. The number of amides is 1. The van der Waals surface area contributed by atoms with Crippen molar-refractivity contribution in [2.75, 3.05) is 33.3 Å². The average molecular weight is 283 g/mol. The smallest absolute Gasteiger partial charge is 0.255 e. The van der Waals surface area contributed by atoms with Gasteiger partial charge in [0.25, 0.3) is 5.91 Å². The molecule has 0 aliphatic carbocycles. The summed E-state index contributed by atoms with van der Waals surface area (Å²) in [5.41, 5.74) is 1.59. The summed E-state index contributed by atoms with van der Waals surface area (Å²) in [6, 6.07) is 5.48. The molecule has 1 N–H and O–H groups in total. The van der Waals surface area contributed by atoms with Crippen molar-refractivity contribution in [2.24, 2.45) is 0 Å². The van der Waals surface area contributed by atoms with Crippen LogP contribution in [0.4, 0.5) is 0 Å². The summed E-state index contributed by atoms with van der Waals surface area (Å²) in [7, 11) is 1.77. The van der Waals surface area contributed by atoms with Gasteiger partial charge in [-0.15, -0.1) is 0 Å². The maximum atomic E-state index is 12.3. The number of carbonyl (C=O) groups is 1. The van der Waals surface area contributed by atoms with E-state index in [2.05, 4.69) is 5.32 Å². The fraction of sp³-hybridized carbons (Fsp3) is 0.500. The van der Waals surface area contributed by atoms with Gasteiger partial charge in [0.05, 0.1) is 23.3 Å². The number of nitrogens with one attached hydrogen (secondary N) is 1. The molecule has 1 heterocycles. The Kier molecular flexibility index (Phi) is 4.80. The highest BCUT2D eigenvalue weighted by Gasteiger charge is 2.20. The highest BCUT2D eigenvalue weighted by molar-refractivity contribution is 6.33. The minimum absolute atomic E-state index is 0.0481. The number of hydrogen-bond donors (Lipinski definition) is 1. The lowest BCUT2D eigenvalue weighted by atomic mass is 10.1. The van der Waals surface area contributed by atoms with E-state index in [1.54, 1.807) is 24.1 Å². The molecule has 0 saturated carbocycles. The largest absolute Gasteiger partial charge is 0.374 e. The van der Waals surface area contributed by atoms with Crippen LogP contribution in [0, 0.1) is 6.92 Å². The summed E-state index contributed by atoms with van der Waals surface area (Å²) in [5, 5.41) is 3.75. The first-order chi connectivity index (χ1) is 9.08. The molecule has 0 radical (unpaired) electrons. The van der Waals surface area contributed by atoms with Gasteiger partial charge in [0, 0.05) is 26.7 Å². The fourth-order valence-electron chi connectivity index (χ4n) is 2.12. The van der Waals surface area contributed by atoms with E-state index in [4.69, 9.17) is 16.3 Å². The van der Waals surface area contributed by atoms with Crippen molar-refractivity contribution in [1.82, 2.24) is 10.2 Å². The van der Waals surface area contributed by atoms with Gasteiger partial charge in [0.15, 0.2) is 0 Å². The van der Waals surface area contributed by atoms with Gasteiger partial charge in [-0.2, -0.15) is 0 Å². The SMILES string of the molecule is Cc1ccc(C(=O)N(C)CC2CNCCO2)c(Cl)c1. The van der Waals surface area contributed by atoms with Crippen LogP contribution in [-0.2, 0) is 4.74 Å². The number of nitrogens with zero attached hydrogens (tertiary/aromatic N) is 1. The first kappa shape index (κ1) is 14.3. The molecule has 19 heavy (non-hydrogen) atoms. The molecule has 0 spiro atoms. The number of aryl methyl sites for hydroxylation is 1. The number of likely N-dealkylation sites (N-methyl/N-ethyl adjacent to an activating group) is 1. The summed E-state index contributed by atoms with van der Waals surface area (Å²) in [4.78, 5) is 14.0. The van der Waals surface area contributed by atoms with Gasteiger partial charge in [-0.25, -0.2) is 0 Å². The molecule has 5 heteroatoms. The predicted octanol–water partition coefficient (Wildman–Crippen LogP) is 1.71. The second-order valence-corrected chi connectivity index (χ2v) is 5.27. The Hall–Kier alpha value is -1.10. The van der Waals surface area contributed by atoms with E-state index >= 15 is 0 Å². The first-order valence-electron chi connectivity index (χ1n) is 6.42. The molecule has 1 fully saturated rings. The molecule has 1 aromatic rings. The Balaban J connectivity index is 2.01. The van der Waals surface area contributed by atoms with Crippen molar-refractivity contribution in [1.29, 1.82) is 0 Å². The maximum absolute atomic E-state index is 12.3. The van der Waals surface area contributed by atoms with Gasteiger partial charge in [0.2, 0.25) is 0 Å². The molecular formula is C14H19ClN2O2. The van der Waals surface area contributed by atoms with Crippen LogP contribution in [0.1, 0.15) is 15.9 Å². The zero-order valence-electron chi connectivity index (χ0n) is 11.3. The van der Waals surface area contributed by atoms with Gasteiger partial charge in [-0.1, -0.05) is 17.7 Å². The topological polar surface area (TPSA) is 41.6 Å². The van der Waals surface area contributed by atoms with Crippen molar-refractivity contribution >= 4 is 17.5 Å². The van der Waals surface area contributed by atoms with Crippen LogP contribution in [0.25, 0.3) is 0 Å². The van der Waals surface area contributed by atoms with Crippen LogP contribution in [-0.4, -0.2) is 50.2 Å². The Labute approximate surface area is 118 Å². The number of benzene rings is 1. The van der Waals surface area contributed by atoms with Gasteiger partial charge in [0.1, 0.15) is 0 Å². The third kappa shape index (κ3) is 3.69. The summed E-state index contributed by atoms with van der Waals surface area (Å²) >= 11 is 6.12. The van der Waals surface area contributed by atoms with Crippen molar-refractivity contribution in [3.8, 4) is 0 Å². The Morgan fingerprint density at radius 1 is 1.58 bits per heavy atom. The minimum Gasteiger partial charge on any atom is -0.374 e. The number of carbonyl (C=O) groups excluding carboxylic acids is 1. The molecule has 0 bridgehead atoms. The molecule has 1 aromatic carbocycles. The first-order valence-corrected chi connectivity index (χ1v) is 6.79. The number of morpholine rings is 1. The lowest BCUT2D eigenvalue weighted by Gasteiger charge is -2.28. The molecule has 0 aromatic heterocycles. The fourth-order valence-corrected chi connectivity index (χ4v) is 2.44.